The van der Waals surface area contributed by atoms with Crippen LogP contribution in [-0.4, -0.2) is 29.6 Å². The Kier molecular flexibility index (Phi) is 3.22. The summed E-state index contributed by atoms with van der Waals surface area (Å²) in [6.07, 6.45) is 1.18. The van der Waals surface area contributed by atoms with Crippen LogP contribution in [0.4, 0.5) is 5.95 Å². The van der Waals surface area contributed by atoms with Gasteiger partial charge in [-0.05, 0) is 6.92 Å². The topological polar surface area (TPSA) is 84.1 Å². The van der Waals surface area contributed by atoms with Crippen LogP contribution in [-0.2, 0) is 4.74 Å². The first kappa shape index (κ1) is 10.2. The maximum atomic E-state index is 11.3. The molecule has 0 amide bonds. The van der Waals surface area contributed by atoms with Crippen molar-refractivity contribution in [2.24, 2.45) is 0 Å². The van der Waals surface area contributed by atoms with Gasteiger partial charge in [-0.25, -0.2) is 9.78 Å². The molecule has 0 aromatic carbocycles. The van der Waals surface area contributed by atoms with Gasteiger partial charge in [-0.15, -0.1) is 0 Å². The van der Waals surface area contributed by atoms with Crippen molar-refractivity contribution in [1.82, 2.24) is 9.97 Å². The molecular formula is C8H11N3O3. The average molecular weight is 197 g/mol. The summed E-state index contributed by atoms with van der Waals surface area (Å²) < 4.78 is 4.66. The van der Waals surface area contributed by atoms with Crippen molar-refractivity contribution in [1.29, 1.82) is 0 Å². The average Bonchev–Trinajstić information content (AvgIpc) is 2.17. The van der Waals surface area contributed by atoms with Crippen LogP contribution < -0.4 is 10.9 Å². The predicted molar refractivity (Wildman–Crippen MR) is 50.4 cm³/mol. The molecule has 76 valence electrons. The lowest BCUT2D eigenvalue weighted by molar-refractivity contribution is 0.0524. The first-order valence-electron chi connectivity index (χ1n) is 4.13. The fraction of sp³-hybridized carbons (Fsp3) is 0.375. The lowest BCUT2D eigenvalue weighted by Gasteiger charge is -2.01. The second-order valence-corrected chi connectivity index (χ2v) is 2.45. The molecule has 6 heteroatoms. The van der Waals surface area contributed by atoms with Gasteiger partial charge < -0.3 is 10.1 Å². The van der Waals surface area contributed by atoms with Crippen LogP contribution in [0.2, 0.25) is 0 Å². The highest BCUT2D eigenvalue weighted by Crippen LogP contribution is 1.95. The Hall–Kier alpha value is -1.85. The lowest BCUT2D eigenvalue weighted by atomic mass is 10.3. The van der Waals surface area contributed by atoms with E-state index in [4.69, 9.17) is 0 Å². The molecule has 14 heavy (non-hydrogen) atoms. The molecule has 1 aromatic heterocycles. The van der Waals surface area contributed by atoms with Crippen LogP contribution in [0.3, 0.4) is 0 Å². The molecule has 0 aliphatic carbocycles. The molecule has 0 saturated heterocycles. The Balaban J connectivity index is 3.00. The van der Waals surface area contributed by atoms with Crippen molar-refractivity contribution in [3.05, 3.63) is 22.1 Å². The first-order chi connectivity index (χ1) is 6.69. The number of ether oxygens (including phenoxy) is 1. The second-order valence-electron chi connectivity index (χ2n) is 2.45. The van der Waals surface area contributed by atoms with E-state index in [-0.39, 0.29) is 12.2 Å². The minimum Gasteiger partial charge on any atom is -0.462 e. The summed E-state index contributed by atoms with van der Waals surface area (Å²) in [5, 5.41) is 2.65. The number of hydrogen-bond donors (Lipinski definition) is 2. The number of nitrogens with one attached hydrogen (secondary N) is 2. The second kappa shape index (κ2) is 4.40. The molecule has 0 atom stereocenters. The van der Waals surface area contributed by atoms with Crippen LogP contribution in [0.1, 0.15) is 17.3 Å². The SMILES string of the molecule is CCOC(=O)c1cnc(NC)[nH]c1=O. The summed E-state index contributed by atoms with van der Waals surface area (Å²) in [5.74, 6) is -0.355. The molecule has 0 unspecified atom stereocenters. The molecule has 0 saturated carbocycles. The zero-order chi connectivity index (χ0) is 10.6. The van der Waals surface area contributed by atoms with Gasteiger partial charge >= 0.3 is 5.97 Å². The lowest BCUT2D eigenvalue weighted by Crippen LogP contribution is -2.21. The molecule has 0 aliphatic rings. The summed E-state index contributed by atoms with van der Waals surface area (Å²) in [6, 6.07) is 0. The van der Waals surface area contributed by atoms with E-state index in [0.717, 1.165) is 0 Å². The molecular weight excluding hydrogens is 186 g/mol. The van der Waals surface area contributed by atoms with Crippen molar-refractivity contribution in [3.8, 4) is 0 Å². The number of aromatic nitrogens is 2. The summed E-state index contributed by atoms with van der Waals surface area (Å²) in [5.41, 5.74) is -0.603. The highest BCUT2D eigenvalue weighted by Gasteiger charge is 2.11. The molecule has 0 radical (unpaired) electrons. The summed E-state index contributed by atoms with van der Waals surface area (Å²) in [7, 11) is 1.61. The number of nitrogens with zero attached hydrogens (tertiary/aromatic N) is 1. The monoisotopic (exact) mass is 197 g/mol. The van der Waals surface area contributed by atoms with Crippen LogP contribution in [0.5, 0.6) is 0 Å². The van der Waals surface area contributed by atoms with Crippen molar-refractivity contribution in [2.75, 3.05) is 19.0 Å². The van der Waals surface area contributed by atoms with E-state index in [1.807, 2.05) is 0 Å². The molecule has 1 rings (SSSR count). The van der Waals surface area contributed by atoms with Crippen LogP contribution in [0, 0.1) is 0 Å². The molecule has 6 nitrogen and oxygen atoms in total. The summed E-state index contributed by atoms with van der Waals surface area (Å²) in [4.78, 5) is 28.6. The highest BCUT2D eigenvalue weighted by molar-refractivity contribution is 5.88. The molecule has 0 fully saturated rings. The zero-order valence-corrected chi connectivity index (χ0v) is 7.96. The van der Waals surface area contributed by atoms with Crippen molar-refractivity contribution in [3.63, 3.8) is 0 Å². The normalized spacial score (nSPS) is 9.57. The Morgan fingerprint density at radius 2 is 2.43 bits per heavy atom. The van der Waals surface area contributed by atoms with E-state index in [1.54, 1.807) is 14.0 Å². The number of hydrogen-bond acceptors (Lipinski definition) is 5. The van der Waals surface area contributed by atoms with Gasteiger partial charge in [0, 0.05) is 7.05 Å². The Labute approximate surface area is 80.3 Å². The Morgan fingerprint density at radius 1 is 1.71 bits per heavy atom. The largest absolute Gasteiger partial charge is 0.462 e. The van der Waals surface area contributed by atoms with E-state index in [2.05, 4.69) is 20.0 Å². The van der Waals surface area contributed by atoms with Gasteiger partial charge in [-0.2, -0.15) is 0 Å². The van der Waals surface area contributed by atoms with Crippen molar-refractivity contribution in [2.45, 2.75) is 6.92 Å². The fourth-order valence-electron chi connectivity index (χ4n) is 0.876. The molecule has 0 spiro atoms. The third-order valence-corrected chi connectivity index (χ3v) is 1.53. The molecule has 1 heterocycles. The zero-order valence-electron chi connectivity index (χ0n) is 7.96. The molecule has 0 aliphatic heterocycles. The summed E-state index contributed by atoms with van der Waals surface area (Å²) in [6.45, 7) is 1.90. The van der Waals surface area contributed by atoms with E-state index in [0.29, 0.717) is 5.95 Å². The van der Waals surface area contributed by atoms with Gasteiger partial charge in [-0.3, -0.25) is 9.78 Å². The Bertz CT molecular complexity index is 386. The third-order valence-electron chi connectivity index (χ3n) is 1.53. The third kappa shape index (κ3) is 2.09. The minimum absolute atomic E-state index is 0.0918. The van der Waals surface area contributed by atoms with Crippen LogP contribution >= 0.6 is 0 Å². The van der Waals surface area contributed by atoms with Gasteiger partial charge in [0.25, 0.3) is 5.56 Å². The van der Waals surface area contributed by atoms with Crippen LogP contribution in [0.15, 0.2) is 11.0 Å². The quantitative estimate of drug-likeness (QED) is 0.666. The number of anilines is 1. The number of esters is 1. The maximum Gasteiger partial charge on any atom is 0.345 e. The summed E-state index contributed by atoms with van der Waals surface area (Å²) >= 11 is 0. The standard InChI is InChI=1S/C8H11N3O3/c1-3-14-7(13)5-4-10-8(9-2)11-6(5)12/h4H,3H2,1-2H3,(H2,9,10,11,12). The van der Waals surface area contributed by atoms with Gasteiger partial charge in [0.05, 0.1) is 12.8 Å². The van der Waals surface area contributed by atoms with Gasteiger partial charge in [0.1, 0.15) is 5.56 Å². The number of rotatable bonds is 3. The predicted octanol–water partition coefficient (Wildman–Crippen LogP) is -0.0117. The van der Waals surface area contributed by atoms with Crippen LogP contribution in [0.25, 0.3) is 0 Å². The number of aromatic amines is 1. The van der Waals surface area contributed by atoms with E-state index >= 15 is 0 Å². The Morgan fingerprint density at radius 3 is 2.93 bits per heavy atom. The van der Waals surface area contributed by atoms with Gasteiger partial charge in [0.15, 0.2) is 0 Å². The van der Waals surface area contributed by atoms with Gasteiger partial charge in [-0.1, -0.05) is 0 Å². The van der Waals surface area contributed by atoms with E-state index < -0.39 is 11.5 Å². The highest BCUT2D eigenvalue weighted by atomic mass is 16.5. The first-order valence-corrected chi connectivity index (χ1v) is 4.13. The van der Waals surface area contributed by atoms with E-state index in [1.165, 1.54) is 6.20 Å². The number of carbonyl (C=O) groups is 1. The van der Waals surface area contributed by atoms with Crippen molar-refractivity contribution >= 4 is 11.9 Å². The van der Waals surface area contributed by atoms with E-state index in [9.17, 15) is 9.59 Å². The number of carbonyl (C=O) groups excluding carboxylic acids is 1. The molecule has 1 aromatic rings. The van der Waals surface area contributed by atoms with Crippen molar-refractivity contribution < 1.29 is 9.53 Å². The minimum atomic E-state index is -0.663. The molecule has 0 bridgehead atoms. The smallest absolute Gasteiger partial charge is 0.345 e. The maximum absolute atomic E-state index is 11.3. The fourth-order valence-corrected chi connectivity index (χ4v) is 0.876. The number of H-pyrrole nitrogens is 1. The van der Waals surface area contributed by atoms with Gasteiger partial charge in [0.2, 0.25) is 5.95 Å². The molecule has 2 N–H and O–H groups in total.